The molecule has 0 aromatic heterocycles. The third kappa shape index (κ3) is 3.16. The van der Waals surface area contributed by atoms with Crippen LogP contribution in [0.1, 0.15) is 15.9 Å². The molecule has 0 bridgehead atoms. The SMILES string of the molecule is Cc1ccc(Br)cc1NC(=O)c1cc(F)c(Cl)cc1F. The highest BCUT2D eigenvalue weighted by Gasteiger charge is 2.16. The first-order valence-electron chi connectivity index (χ1n) is 5.60. The minimum absolute atomic E-state index is 0.363. The Labute approximate surface area is 127 Å². The van der Waals surface area contributed by atoms with Gasteiger partial charge in [0, 0.05) is 10.2 Å². The lowest BCUT2D eigenvalue weighted by Crippen LogP contribution is -2.15. The summed E-state index contributed by atoms with van der Waals surface area (Å²) in [6, 6.07) is 6.84. The van der Waals surface area contributed by atoms with E-state index >= 15 is 0 Å². The van der Waals surface area contributed by atoms with Gasteiger partial charge >= 0.3 is 0 Å². The van der Waals surface area contributed by atoms with Crippen molar-refractivity contribution in [3.8, 4) is 0 Å². The fourth-order valence-corrected chi connectivity index (χ4v) is 2.13. The average molecular weight is 361 g/mol. The maximum Gasteiger partial charge on any atom is 0.258 e. The van der Waals surface area contributed by atoms with Crippen LogP contribution in [0, 0.1) is 18.6 Å². The molecular formula is C14H9BrClF2NO. The summed E-state index contributed by atoms with van der Waals surface area (Å²) >= 11 is 8.72. The highest BCUT2D eigenvalue weighted by molar-refractivity contribution is 9.10. The topological polar surface area (TPSA) is 29.1 Å². The summed E-state index contributed by atoms with van der Waals surface area (Å²) in [5.41, 5.74) is 0.918. The minimum atomic E-state index is -0.874. The average Bonchev–Trinajstić information content (AvgIpc) is 2.38. The van der Waals surface area contributed by atoms with Crippen LogP contribution in [0.2, 0.25) is 5.02 Å². The van der Waals surface area contributed by atoms with Crippen molar-refractivity contribution in [1.82, 2.24) is 0 Å². The lowest BCUT2D eigenvalue weighted by Gasteiger charge is -2.10. The third-order valence-electron chi connectivity index (χ3n) is 2.70. The summed E-state index contributed by atoms with van der Waals surface area (Å²) in [7, 11) is 0. The van der Waals surface area contributed by atoms with E-state index in [1.54, 1.807) is 19.1 Å². The number of aryl methyl sites for hydroxylation is 1. The van der Waals surface area contributed by atoms with Gasteiger partial charge in [-0.05, 0) is 36.8 Å². The molecule has 0 atom stereocenters. The zero-order chi connectivity index (χ0) is 14.9. The van der Waals surface area contributed by atoms with Crippen molar-refractivity contribution in [3.63, 3.8) is 0 Å². The summed E-state index contributed by atoms with van der Waals surface area (Å²) < 4.78 is 27.7. The number of rotatable bonds is 2. The number of nitrogens with one attached hydrogen (secondary N) is 1. The fourth-order valence-electron chi connectivity index (χ4n) is 1.62. The lowest BCUT2D eigenvalue weighted by atomic mass is 10.1. The van der Waals surface area contributed by atoms with Crippen LogP contribution >= 0.6 is 27.5 Å². The molecule has 0 spiro atoms. The number of anilines is 1. The van der Waals surface area contributed by atoms with Crippen molar-refractivity contribution in [2.75, 3.05) is 5.32 Å². The van der Waals surface area contributed by atoms with Crippen molar-refractivity contribution in [2.45, 2.75) is 6.92 Å². The maximum atomic E-state index is 13.6. The van der Waals surface area contributed by atoms with E-state index in [9.17, 15) is 13.6 Å². The van der Waals surface area contributed by atoms with Crippen LogP contribution in [0.3, 0.4) is 0 Å². The quantitative estimate of drug-likeness (QED) is 0.755. The maximum absolute atomic E-state index is 13.6. The first-order chi connectivity index (χ1) is 9.38. The molecule has 0 aliphatic carbocycles. The minimum Gasteiger partial charge on any atom is -0.322 e. The van der Waals surface area contributed by atoms with Crippen LogP contribution in [0.15, 0.2) is 34.8 Å². The standard InChI is InChI=1S/C14H9BrClF2NO/c1-7-2-3-8(15)4-13(7)19-14(20)9-5-12(18)10(16)6-11(9)17/h2-6H,1H3,(H,19,20). The highest BCUT2D eigenvalue weighted by Crippen LogP contribution is 2.23. The van der Waals surface area contributed by atoms with Crippen molar-refractivity contribution in [2.24, 2.45) is 0 Å². The van der Waals surface area contributed by atoms with E-state index in [4.69, 9.17) is 11.6 Å². The van der Waals surface area contributed by atoms with Gasteiger partial charge in [-0.3, -0.25) is 4.79 Å². The molecule has 0 saturated heterocycles. The molecule has 20 heavy (non-hydrogen) atoms. The Morgan fingerprint density at radius 3 is 2.60 bits per heavy atom. The molecule has 6 heteroatoms. The molecule has 0 fully saturated rings. The first-order valence-corrected chi connectivity index (χ1v) is 6.77. The van der Waals surface area contributed by atoms with Crippen LogP contribution < -0.4 is 5.32 Å². The largest absolute Gasteiger partial charge is 0.322 e. The predicted octanol–water partition coefficient (Wildman–Crippen LogP) is 4.94. The zero-order valence-corrected chi connectivity index (χ0v) is 12.6. The monoisotopic (exact) mass is 359 g/mol. The van der Waals surface area contributed by atoms with Gasteiger partial charge in [0.15, 0.2) is 0 Å². The van der Waals surface area contributed by atoms with Crippen molar-refractivity contribution in [3.05, 3.63) is 62.6 Å². The number of halogens is 4. The normalized spacial score (nSPS) is 10.4. The second-order valence-corrected chi connectivity index (χ2v) is 5.48. The Morgan fingerprint density at radius 2 is 1.90 bits per heavy atom. The Hall–Kier alpha value is -1.46. The molecule has 1 N–H and O–H groups in total. The molecule has 0 radical (unpaired) electrons. The van der Waals surface area contributed by atoms with Gasteiger partial charge in [-0.2, -0.15) is 0 Å². The van der Waals surface area contributed by atoms with E-state index in [1.165, 1.54) is 0 Å². The molecule has 0 unspecified atom stereocenters. The molecule has 0 aliphatic rings. The van der Waals surface area contributed by atoms with Gasteiger partial charge in [0.05, 0.1) is 10.6 Å². The Morgan fingerprint density at radius 1 is 1.20 bits per heavy atom. The Bertz CT molecular complexity index is 691. The molecule has 1 amide bonds. The van der Waals surface area contributed by atoms with Crippen molar-refractivity contribution >= 4 is 39.1 Å². The number of hydrogen-bond acceptors (Lipinski definition) is 1. The van der Waals surface area contributed by atoms with E-state index < -0.39 is 23.1 Å². The number of hydrogen-bond donors (Lipinski definition) is 1. The summed E-state index contributed by atoms with van der Waals surface area (Å²) in [4.78, 5) is 12.0. The van der Waals surface area contributed by atoms with Crippen LogP contribution in [-0.4, -0.2) is 5.91 Å². The molecule has 2 nitrogen and oxygen atoms in total. The Balaban J connectivity index is 2.33. The number of benzene rings is 2. The summed E-state index contributed by atoms with van der Waals surface area (Å²) in [5.74, 6) is -2.45. The first kappa shape index (κ1) is 14.9. The van der Waals surface area contributed by atoms with Crippen LogP contribution in [0.4, 0.5) is 14.5 Å². The highest BCUT2D eigenvalue weighted by atomic mass is 79.9. The van der Waals surface area contributed by atoms with Crippen molar-refractivity contribution < 1.29 is 13.6 Å². The predicted molar refractivity (Wildman–Crippen MR) is 78.2 cm³/mol. The van der Waals surface area contributed by atoms with E-state index in [2.05, 4.69) is 21.2 Å². The van der Waals surface area contributed by atoms with E-state index in [1.807, 2.05) is 6.07 Å². The fraction of sp³-hybridized carbons (Fsp3) is 0.0714. The molecular weight excluding hydrogens is 352 g/mol. The van der Waals surface area contributed by atoms with Crippen LogP contribution in [0.25, 0.3) is 0 Å². The van der Waals surface area contributed by atoms with Gasteiger partial charge in [-0.25, -0.2) is 8.78 Å². The van der Waals surface area contributed by atoms with Crippen LogP contribution in [-0.2, 0) is 0 Å². The smallest absolute Gasteiger partial charge is 0.258 e. The van der Waals surface area contributed by atoms with Gasteiger partial charge in [-0.15, -0.1) is 0 Å². The van der Waals surface area contributed by atoms with E-state index in [0.29, 0.717) is 5.69 Å². The van der Waals surface area contributed by atoms with Gasteiger partial charge in [0.1, 0.15) is 11.6 Å². The lowest BCUT2D eigenvalue weighted by molar-refractivity contribution is 0.102. The van der Waals surface area contributed by atoms with E-state index in [0.717, 1.165) is 22.2 Å². The molecule has 2 rings (SSSR count). The third-order valence-corrected chi connectivity index (χ3v) is 3.49. The van der Waals surface area contributed by atoms with Gasteiger partial charge in [0.25, 0.3) is 5.91 Å². The Kier molecular flexibility index (Phi) is 4.40. The summed E-state index contributed by atoms with van der Waals surface area (Å²) in [5, 5.41) is 2.17. The summed E-state index contributed by atoms with van der Waals surface area (Å²) in [6.07, 6.45) is 0. The van der Waals surface area contributed by atoms with Gasteiger partial charge in [0.2, 0.25) is 0 Å². The molecule has 0 heterocycles. The molecule has 2 aromatic rings. The molecule has 2 aromatic carbocycles. The molecule has 104 valence electrons. The molecule has 0 saturated carbocycles. The van der Waals surface area contributed by atoms with Crippen LogP contribution in [0.5, 0.6) is 0 Å². The van der Waals surface area contributed by atoms with Gasteiger partial charge < -0.3 is 5.32 Å². The van der Waals surface area contributed by atoms with Crippen molar-refractivity contribution in [1.29, 1.82) is 0 Å². The number of carbonyl (C=O) groups excluding carboxylic acids is 1. The second-order valence-electron chi connectivity index (χ2n) is 4.16. The zero-order valence-electron chi connectivity index (χ0n) is 10.3. The number of carbonyl (C=O) groups is 1. The summed E-state index contributed by atoms with van der Waals surface area (Å²) in [6.45, 7) is 1.79. The molecule has 0 aliphatic heterocycles. The van der Waals surface area contributed by atoms with E-state index in [-0.39, 0.29) is 5.02 Å². The second kappa shape index (κ2) is 5.89. The van der Waals surface area contributed by atoms with Gasteiger partial charge in [-0.1, -0.05) is 33.6 Å². The number of amides is 1.